The average Bonchev–Trinajstić information content (AvgIpc) is 2.42. The van der Waals surface area contributed by atoms with Gasteiger partial charge in [-0.3, -0.25) is 0 Å². The van der Waals surface area contributed by atoms with Crippen LogP contribution in [0, 0.1) is 0 Å². The van der Waals surface area contributed by atoms with Crippen molar-refractivity contribution in [3.05, 3.63) is 47.5 Å². The summed E-state index contributed by atoms with van der Waals surface area (Å²) in [4.78, 5) is 15.8. The fraction of sp³-hybridized carbons (Fsp3) is 0.308. The Balaban J connectivity index is 2.40. The van der Waals surface area contributed by atoms with Gasteiger partial charge in [-0.25, -0.2) is 10.1 Å². The van der Waals surface area contributed by atoms with E-state index in [1.54, 1.807) is 31.2 Å². The summed E-state index contributed by atoms with van der Waals surface area (Å²) in [6.07, 6.45) is 0.952. The quantitative estimate of drug-likeness (QED) is 0.384. The lowest BCUT2D eigenvalue weighted by Crippen LogP contribution is -2.51. The number of benzene rings is 1. The Morgan fingerprint density at radius 1 is 1.44 bits per heavy atom. The minimum absolute atomic E-state index is 0.323. The van der Waals surface area contributed by atoms with Gasteiger partial charge in [0, 0.05) is 17.2 Å². The summed E-state index contributed by atoms with van der Waals surface area (Å²) >= 11 is 0. The molecule has 2 rings (SSSR count). The first-order valence-corrected chi connectivity index (χ1v) is 5.50. The molecular formula is C13H14O5. The third-order valence-corrected chi connectivity index (χ3v) is 2.92. The zero-order chi connectivity index (χ0) is 13.2. The summed E-state index contributed by atoms with van der Waals surface area (Å²) < 4.78 is 10.0. The number of esters is 1. The van der Waals surface area contributed by atoms with Crippen molar-refractivity contribution in [3.8, 4) is 0 Å². The highest BCUT2D eigenvalue weighted by molar-refractivity contribution is 5.83. The molecule has 1 aliphatic rings. The first-order valence-electron chi connectivity index (χ1n) is 5.50. The van der Waals surface area contributed by atoms with Crippen molar-refractivity contribution in [3.63, 3.8) is 0 Å². The molecule has 5 heteroatoms. The van der Waals surface area contributed by atoms with Crippen molar-refractivity contribution in [2.75, 3.05) is 7.11 Å². The summed E-state index contributed by atoms with van der Waals surface area (Å²) in [7, 11) is 1.29. The van der Waals surface area contributed by atoms with Gasteiger partial charge in [-0.05, 0) is 6.92 Å². The molecule has 1 fully saturated rings. The summed E-state index contributed by atoms with van der Waals surface area (Å²) in [5, 5.41) is 9.15. The molecule has 0 amide bonds. The molecule has 1 saturated heterocycles. The van der Waals surface area contributed by atoms with E-state index in [2.05, 4.69) is 9.62 Å². The van der Waals surface area contributed by atoms with Crippen LogP contribution in [0.2, 0.25) is 0 Å². The standard InChI is InChI=1S/C13H14O5/c1-9-11(8-12(14)16-2)13(17-9,18-15)10-6-4-3-5-7-10/h3-9,15H,1-2H3/b11-8-. The van der Waals surface area contributed by atoms with Gasteiger partial charge < -0.3 is 9.47 Å². The normalized spacial score (nSPS) is 28.8. The third-order valence-electron chi connectivity index (χ3n) is 2.92. The fourth-order valence-corrected chi connectivity index (χ4v) is 2.01. The Morgan fingerprint density at radius 2 is 2.11 bits per heavy atom. The van der Waals surface area contributed by atoms with Crippen LogP contribution in [0.15, 0.2) is 42.0 Å². The maximum Gasteiger partial charge on any atom is 0.330 e. The summed E-state index contributed by atoms with van der Waals surface area (Å²) in [6, 6.07) is 8.90. The van der Waals surface area contributed by atoms with E-state index in [4.69, 9.17) is 9.99 Å². The zero-order valence-corrected chi connectivity index (χ0v) is 10.1. The van der Waals surface area contributed by atoms with Crippen molar-refractivity contribution in [1.29, 1.82) is 0 Å². The first-order chi connectivity index (χ1) is 8.64. The van der Waals surface area contributed by atoms with Crippen LogP contribution in [-0.2, 0) is 24.9 Å². The Hall–Kier alpha value is -1.69. The predicted octanol–water partition coefficient (Wildman–Crippen LogP) is 1.85. The molecule has 96 valence electrons. The molecule has 0 radical (unpaired) electrons. The lowest BCUT2D eigenvalue weighted by atomic mass is 9.87. The summed E-state index contributed by atoms with van der Waals surface area (Å²) in [5.74, 6) is -1.92. The van der Waals surface area contributed by atoms with Crippen LogP contribution in [0.3, 0.4) is 0 Å². The molecule has 1 aromatic carbocycles. The van der Waals surface area contributed by atoms with Crippen LogP contribution in [0.25, 0.3) is 0 Å². The van der Waals surface area contributed by atoms with Crippen LogP contribution < -0.4 is 0 Å². The second-order valence-electron chi connectivity index (χ2n) is 3.96. The molecular weight excluding hydrogens is 236 g/mol. The highest BCUT2D eigenvalue weighted by atomic mass is 17.2. The van der Waals surface area contributed by atoms with Crippen LogP contribution >= 0.6 is 0 Å². The smallest absolute Gasteiger partial charge is 0.330 e. The lowest BCUT2D eigenvalue weighted by molar-refractivity contribution is -0.436. The monoisotopic (exact) mass is 250 g/mol. The number of carbonyl (C=O) groups is 1. The number of ether oxygens (including phenoxy) is 2. The van der Waals surface area contributed by atoms with Gasteiger partial charge in [0.05, 0.1) is 13.2 Å². The Kier molecular flexibility index (Phi) is 3.47. The topological polar surface area (TPSA) is 65.0 Å². The number of hydrogen-bond acceptors (Lipinski definition) is 5. The SMILES string of the molecule is COC(=O)/C=C1/C(C)OC1(OO)c1ccccc1. The van der Waals surface area contributed by atoms with E-state index in [1.165, 1.54) is 13.2 Å². The van der Waals surface area contributed by atoms with E-state index in [0.717, 1.165) is 0 Å². The van der Waals surface area contributed by atoms with E-state index in [0.29, 0.717) is 11.1 Å². The van der Waals surface area contributed by atoms with E-state index < -0.39 is 11.8 Å². The van der Waals surface area contributed by atoms with Crippen LogP contribution in [0.1, 0.15) is 12.5 Å². The number of rotatable bonds is 3. The van der Waals surface area contributed by atoms with Gasteiger partial charge in [0.15, 0.2) is 0 Å². The van der Waals surface area contributed by atoms with E-state index >= 15 is 0 Å². The molecule has 2 atom stereocenters. The van der Waals surface area contributed by atoms with E-state index in [1.807, 2.05) is 6.07 Å². The molecule has 2 unspecified atom stereocenters. The second kappa shape index (κ2) is 4.89. The number of hydrogen-bond donors (Lipinski definition) is 1. The predicted molar refractivity (Wildman–Crippen MR) is 62.5 cm³/mol. The maximum atomic E-state index is 11.3. The molecule has 0 aliphatic carbocycles. The lowest BCUT2D eigenvalue weighted by Gasteiger charge is -2.46. The first kappa shape index (κ1) is 12.8. The number of methoxy groups -OCH3 is 1. The van der Waals surface area contributed by atoms with Gasteiger partial charge in [0.2, 0.25) is 0 Å². The molecule has 5 nitrogen and oxygen atoms in total. The van der Waals surface area contributed by atoms with Crippen molar-refractivity contribution in [1.82, 2.24) is 0 Å². The van der Waals surface area contributed by atoms with Crippen LogP contribution in [0.5, 0.6) is 0 Å². The average molecular weight is 250 g/mol. The van der Waals surface area contributed by atoms with Gasteiger partial charge in [-0.15, -0.1) is 0 Å². The zero-order valence-electron chi connectivity index (χ0n) is 10.1. The van der Waals surface area contributed by atoms with E-state index in [-0.39, 0.29) is 6.10 Å². The molecule has 1 aliphatic heterocycles. The largest absolute Gasteiger partial charge is 0.466 e. The summed E-state index contributed by atoms with van der Waals surface area (Å²) in [6.45, 7) is 1.76. The highest BCUT2D eigenvalue weighted by Gasteiger charge is 2.53. The Bertz CT molecular complexity index is 468. The molecule has 0 saturated carbocycles. The van der Waals surface area contributed by atoms with Crippen molar-refractivity contribution in [2.45, 2.75) is 18.8 Å². The van der Waals surface area contributed by atoms with Gasteiger partial charge in [-0.2, -0.15) is 4.89 Å². The van der Waals surface area contributed by atoms with Crippen molar-refractivity contribution >= 4 is 5.97 Å². The molecule has 0 bridgehead atoms. The third kappa shape index (κ3) is 1.92. The Labute approximate surface area is 105 Å². The molecule has 0 spiro atoms. The second-order valence-corrected chi connectivity index (χ2v) is 3.96. The number of carbonyl (C=O) groups excluding carboxylic acids is 1. The van der Waals surface area contributed by atoms with Gasteiger partial charge in [-0.1, -0.05) is 30.3 Å². The summed E-state index contributed by atoms with van der Waals surface area (Å²) in [5.41, 5.74) is 1.13. The molecule has 0 aromatic heterocycles. The van der Waals surface area contributed by atoms with Crippen LogP contribution in [0.4, 0.5) is 0 Å². The maximum absolute atomic E-state index is 11.3. The minimum Gasteiger partial charge on any atom is -0.466 e. The van der Waals surface area contributed by atoms with Gasteiger partial charge in [0.1, 0.15) is 0 Å². The molecule has 1 aromatic rings. The fourth-order valence-electron chi connectivity index (χ4n) is 2.01. The van der Waals surface area contributed by atoms with Gasteiger partial charge >= 0.3 is 5.97 Å². The molecule has 1 heterocycles. The van der Waals surface area contributed by atoms with Gasteiger partial charge in [0.25, 0.3) is 5.79 Å². The minimum atomic E-state index is -1.41. The van der Waals surface area contributed by atoms with Crippen molar-refractivity contribution in [2.24, 2.45) is 0 Å². The van der Waals surface area contributed by atoms with Crippen molar-refractivity contribution < 1.29 is 24.4 Å². The Morgan fingerprint density at radius 3 is 2.61 bits per heavy atom. The highest BCUT2D eigenvalue weighted by Crippen LogP contribution is 2.47. The van der Waals surface area contributed by atoms with Crippen LogP contribution in [-0.4, -0.2) is 24.4 Å². The molecule has 18 heavy (non-hydrogen) atoms. The molecule has 1 N–H and O–H groups in total. The van der Waals surface area contributed by atoms with E-state index in [9.17, 15) is 4.79 Å².